The lowest BCUT2D eigenvalue weighted by molar-refractivity contribution is 0.270. The van der Waals surface area contributed by atoms with Gasteiger partial charge in [0.1, 0.15) is 5.54 Å². The van der Waals surface area contributed by atoms with Gasteiger partial charge in [0.15, 0.2) is 0 Å². The van der Waals surface area contributed by atoms with Crippen LogP contribution in [0.15, 0.2) is 41.4 Å². The highest BCUT2D eigenvalue weighted by Crippen LogP contribution is 2.33. The first-order chi connectivity index (χ1) is 11.0. The molecular formula is C17H19N3O2S. The van der Waals surface area contributed by atoms with E-state index >= 15 is 0 Å². The van der Waals surface area contributed by atoms with Crippen molar-refractivity contribution < 1.29 is 8.42 Å². The van der Waals surface area contributed by atoms with Crippen molar-refractivity contribution in [2.24, 2.45) is 5.92 Å². The molecule has 6 heteroatoms. The first kappa shape index (κ1) is 15.9. The molecule has 120 valence electrons. The van der Waals surface area contributed by atoms with Crippen LogP contribution in [0.25, 0.3) is 10.9 Å². The molecule has 1 saturated carbocycles. The Kier molecular flexibility index (Phi) is 4.09. The lowest BCUT2D eigenvalue weighted by atomic mass is 9.78. The zero-order valence-electron chi connectivity index (χ0n) is 13.0. The number of pyridine rings is 1. The second-order valence-electron chi connectivity index (χ2n) is 6.33. The molecule has 1 fully saturated rings. The van der Waals surface area contributed by atoms with E-state index in [1.807, 2.05) is 0 Å². The van der Waals surface area contributed by atoms with Crippen LogP contribution in [-0.4, -0.2) is 18.9 Å². The Morgan fingerprint density at radius 3 is 2.91 bits per heavy atom. The summed E-state index contributed by atoms with van der Waals surface area (Å²) in [4.78, 5) is 4.37. The molecule has 2 atom stereocenters. The van der Waals surface area contributed by atoms with Crippen molar-refractivity contribution in [3.8, 4) is 6.07 Å². The topological polar surface area (TPSA) is 82.9 Å². The van der Waals surface area contributed by atoms with E-state index in [1.165, 1.54) is 0 Å². The van der Waals surface area contributed by atoms with E-state index in [4.69, 9.17) is 0 Å². The number of hydrogen-bond acceptors (Lipinski definition) is 4. The van der Waals surface area contributed by atoms with Gasteiger partial charge in [-0.25, -0.2) is 8.42 Å². The average molecular weight is 329 g/mol. The molecule has 2 aromatic rings. The smallest absolute Gasteiger partial charge is 0.242 e. The van der Waals surface area contributed by atoms with Gasteiger partial charge >= 0.3 is 0 Å². The fraction of sp³-hybridized carbons (Fsp3) is 0.412. The summed E-state index contributed by atoms with van der Waals surface area (Å²) in [5, 5.41) is 10.2. The third kappa shape index (κ3) is 3.07. The van der Waals surface area contributed by atoms with Crippen molar-refractivity contribution in [3.63, 3.8) is 0 Å². The minimum absolute atomic E-state index is 0.177. The fourth-order valence-corrected chi connectivity index (χ4v) is 4.97. The molecule has 1 heterocycles. The maximum Gasteiger partial charge on any atom is 0.242 e. The summed E-state index contributed by atoms with van der Waals surface area (Å²) in [6.45, 7) is 2.06. The molecule has 1 aromatic heterocycles. The standard InChI is InChI=1S/C17H19N3O2S/c1-13-5-3-9-17(11-13,12-18)20-23(21,22)16-8-2-7-15-14(16)6-4-10-19-15/h2,4,6-8,10,13,20H,3,5,9,11H2,1H3/t13-,17-/m1/s1. The SMILES string of the molecule is C[C@@H]1CCC[C@@](C#N)(NS(=O)(=O)c2cccc3ncccc23)C1. The van der Waals surface area contributed by atoms with Crippen LogP contribution < -0.4 is 4.72 Å². The Bertz CT molecular complexity index is 868. The van der Waals surface area contributed by atoms with E-state index in [0.717, 1.165) is 12.8 Å². The molecule has 0 aliphatic heterocycles. The molecular weight excluding hydrogens is 310 g/mol. The Morgan fingerprint density at radius 1 is 1.35 bits per heavy atom. The van der Waals surface area contributed by atoms with Gasteiger partial charge in [-0.2, -0.15) is 9.98 Å². The molecule has 1 aliphatic carbocycles. The number of aromatic nitrogens is 1. The van der Waals surface area contributed by atoms with E-state index < -0.39 is 15.6 Å². The van der Waals surface area contributed by atoms with Crippen molar-refractivity contribution in [2.75, 3.05) is 0 Å². The normalized spacial score (nSPS) is 25.1. The summed E-state index contributed by atoms with van der Waals surface area (Å²) in [5.41, 5.74) is -0.390. The van der Waals surface area contributed by atoms with E-state index in [0.29, 0.717) is 29.7 Å². The van der Waals surface area contributed by atoms with Crippen LogP contribution in [0.4, 0.5) is 0 Å². The number of sulfonamides is 1. The lowest BCUT2D eigenvalue weighted by Crippen LogP contribution is -2.50. The number of rotatable bonds is 3. The molecule has 5 nitrogen and oxygen atoms in total. The summed E-state index contributed by atoms with van der Waals surface area (Å²) in [6.07, 6.45) is 4.62. The van der Waals surface area contributed by atoms with Gasteiger partial charge in [-0.05, 0) is 43.0 Å². The molecule has 1 aromatic carbocycles. The van der Waals surface area contributed by atoms with Gasteiger partial charge in [0.05, 0.1) is 16.5 Å². The Balaban J connectivity index is 2.03. The van der Waals surface area contributed by atoms with E-state index in [1.54, 1.807) is 36.5 Å². The maximum absolute atomic E-state index is 12.9. The summed E-state index contributed by atoms with van der Waals surface area (Å²) in [7, 11) is -3.79. The van der Waals surface area contributed by atoms with Gasteiger partial charge in [-0.1, -0.05) is 25.8 Å². The molecule has 1 aliphatic rings. The molecule has 0 spiro atoms. The van der Waals surface area contributed by atoms with Gasteiger partial charge in [0.2, 0.25) is 10.0 Å². The number of nitrogens with zero attached hydrogens (tertiary/aromatic N) is 2. The highest BCUT2D eigenvalue weighted by atomic mass is 32.2. The molecule has 0 radical (unpaired) electrons. The maximum atomic E-state index is 12.9. The van der Waals surface area contributed by atoms with Crippen LogP contribution >= 0.6 is 0 Å². The molecule has 3 rings (SSSR count). The monoisotopic (exact) mass is 329 g/mol. The quantitative estimate of drug-likeness (QED) is 0.938. The predicted molar refractivity (Wildman–Crippen MR) is 88.0 cm³/mol. The largest absolute Gasteiger partial charge is 0.256 e. The van der Waals surface area contributed by atoms with Gasteiger partial charge < -0.3 is 0 Å². The molecule has 23 heavy (non-hydrogen) atoms. The van der Waals surface area contributed by atoms with Crippen molar-refractivity contribution in [2.45, 2.75) is 43.0 Å². The fourth-order valence-electron chi connectivity index (χ4n) is 3.39. The predicted octanol–water partition coefficient (Wildman–Crippen LogP) is 2.99. The zero-order valence-corrected chi connectivity index (χ0v) is 13.8. The number of nitriles is 1. The molecule has 1 N–H and O–H groups in total. The highest BCUT2D eigenvalue weighted by molar-refractivity contribution is 7.89. The lowest BCUT2D eigenvalue weighted by Gasteiger charge is -2.34. The number of benzene rings is 1. The van der Waals surface area contributed by atoms with Crippen LogP contribution in [0, 0.1) is 17.2 Å². The van der Waals surface area contributed by atoms with Crippen molar-refractivity contribution >= 4 is 20.9 Å². The van der Waals surface area contributed by atoms with Gasteiger partial charge in [0, 0.05) is 11.6 Å². The Labute approximate surface area is 136 Å². The summed E-state index contributed by atoms with van der Waals surface area (Å²) in [6, 6.07) is 10.7. The number of hydrogen-bond donors (Lipinski definition) is 1. The minimum Gasteiger partial charge on any atom is -0.256 e. The second-order valence-corrected chi connectivity index (χ2v) is 7.98. The van der Waals surface area contributed by atoms with Crippen LogP contribution in [0.2, 0.25) is 0 Å². The minimum atomic E-state index is -3.79. The van der Waals surface area contributed by atoms with Crippen molar-refractivity contribution in [3.05, 3.63) is 36.5 Å². The first-order valence-electron chi connectivity index (χ1n) is 7.75. The summed E-state index contributed by atoms with van der Waals surface area (Å²) >= 11 is 0. The molecule has 0 unspecified atom stereocenters. The number of nitrogens with one attached hydrogen (secondary N) is 1. The Morgan fingerprint density at radius 2 is 2.17 bits per heavy atom. The average Bonchev–Trinajstić information content (AvgIpc) is 2.54. The van der Waals surface area contributed by atoms with Gasteiger partial charge in [-0.15, -0.1) is 0 Å². The van der Waals surface area contributed by atoms with E-state index in [2.05, 4.69) is 22.7 Å². The van der Waals surface area contributed by atoms with E-state index in [-0.39, 0.29) is 4.90 Å². The van der Waals surface area contributed by atoms with Crippen LogP contribution in [0.5, 0.6) is 0 Å². The number of fused-ring (bicyclic) bond motifs is 1. The van der Waals surface area contributed by atoms with Crippen molar-refractivity contribution in [1.82, 2.24) is 9.71 Å². The Hall–Kier alpha value is -1.97. The van der Waals surface area contributed by atoms with Crippen LogP contribution in [0.3, 0.4) is 0 Å². The van der Waals surface area contributed by atoms with E-state index in [9.17, 15) is 13.7 Å². The molecule has 0 bridgehead atoms. The third-order valence-electron chi connectivity index (χ3n) is 4.44. The summed E-state index contributed by atoms with van der Waals surface area (Å²) in [5.74, 6) is 0.334. The molecule has 0 saturated heterocycles. The summed E-state index contributed by atoms with van der Waals surface area (Å²) < 4.78 is 28.5. The zero-order chi connectivity index (χ0) is 16.5. The van der Waals surface area contributed by atoms with Gasteiger partial charge in [0.25, 0.3) is 0 Å². The third-order valence-corrected chi connectivity index (χ3v) is 6.03. The molecule has 0 amide bonds. The first-order valence-corrected chi connectivity index (χ1v) is 9.23. The van der Waals surface area contributed by atoms with Crippen LogP contribution in [-0.2, 0) is 10.0 Å². The second kappa shape index (κ2) is 5.91. The van der Waals surface area contributed by atoms with Crippen LogP contribution in [0.1, 0.15) is 32.6 Å². The highest BCUT2D eigenvalue weighted by Gasteiger charge is 2.39. The van der Waals surface area contributed by atoms with Gasteiger partial charge in [-0.3, -0.25) is 4.98 Å². The van der Waals surface area contributed by atoms with Crippen molar-refractivity contribution in [1.29, 1.82) is 5.26 Å².